The van der Waals surface area contributed by atoms with Crippen LogP contribution in [0, 0.1) is 5.82 Å². The van der Waals surface area contributed by atoms with Crippen molar-refractivity contribution in [1.82, 2.24) is 9.78 Å². The third kappa shape index (κ3) is 2.80. The Hall–Kier alpha value is -1.85. The molecule has 1 aromatic heterocycles. The van der Waals surface area contributed by atoms with Crippen molar-refractivity contribution in [3.63, 3.8) is 0 Å². The minimum Gasteiger partial charge on any atom is -0.384 e. The van der Waals surface area contributed by atoms with Gasteiger partial charge in [-0.2, -0.15) is 5.10 Å². The average Bonchev–Trinajstić information content (AvgIpc) is 2.84. The fraction of sp³-hybridized carbons (Fsp3) is 0. The van der Waals surface area contributed by atoms with Gasteiger partial charge in [-0.25, -0.2) is 9.07 Å². The highest BCUT2D eigenvalue weighted by molar-refractivity contribution is 9.10. The average molecular weight is 367 g/mol. The van der Waals surface area contributed by atoms with Crippen LogP contribution in [0.4, 0.5) is 10.2 Å². The van der Waals surface area contributed by atoms with E-state index in [1.54, 1.807) is 12.1 Å². The van der Waals surface area contributed by atoms with E-state index >= 15 is 0 Å². The van der Waals surface area contributed by atoms with Crippen LogP contribution >= 0.6 is 27.5 Å². The van der Waals surface area contributed by atoms with Gasteiger partial charge in [0.15, 0.2) is 0 Å². The summed E-state index contributed by atoms with van der Waals surface area (Å²) in [6, 6.07) is 13.9. The number of nitrogen functional groups attached to an aromatic ring is 1. The van der Waals surface area contributed by atoms with Crippen LogP contribution in [0.25, 0.3) is 16.9 Å². The van der Waals surface area contributed by atoms with E-state index in [0.29, 0.717) is 17.2 Å². The summed E-state index contributed by atoms with van der Waals surface area (Å²) in [5, 5.41) is 4.49. The Balaban J connectivity index is 2.07. The van der Waals surface area contributed by atoms with Crippen molar-refractivity contribution in [2.45, 2.75) is 0 Å². The first kappa shape index (κ1) is 14.1. The Bertz CT molecular complexity index is 816. The maximum atomic E-state index is 13.6. The van der Waals surface area contributed by atoms with Crippen molar-refractivity contribution in [1.29, 1.82) is 0 Å². The SMILES string of the molecule is Nc1cc(-c2cccc(Br)c2)nn1-c1ccc(Cl)c(F)c1. The van der Waals surface area contributed by atoms with Crippen molar-refractivity contribution in [2.24, 2.45) is 0 Å². The molecule has 2 aromatic carbocycles. The highest BCUT2D eigenvalue weighted by Gasteiger charge is 2.10. The van der Waals surface area contributed by atoms with Crippen molar-refractivity contribution < 1.29 is 4.39 Å². The molecular weight excluding hydrogens is 357 g/mol. The smallest absolute Gasteiger partial charge is 0.143 e. The maximum absolute atomic E-state index is 13.6. The zero-order valence-corrected chi connectivity index (χ0v) is 13.1. The molecule has 0 atom stereocenters. The number of hydrogen-bond donors (Lipinski definition) is 1. The zero-order chi connectivity index (χ0) is 15.0. The fourth-order valence-corrected chi connectivity index (χ4v) is 2.52. The van der Waals surface area contributed by atoms with Crippen LogP contribution in [0.2, 0.25) is 5.02 Å². The molecule has 0 saturated heterocycles. The fourth-order valence-electron chi connectivity index (χ4n) is 2.01. The van der Waals surface area contributed by atoms with Crippen LogP contribution < -0.4 is 5.73 Å². The summed E-state index contributed by atoms with van der Waals surface area (Å²) in [4.78, 5) is 0. The molecule has 0 radical (unpaired) electrons. The molecule has 2 N–H and O–H groups in total. The summed E-state index contributed by atoms with van der Waals surface area (Å²) in [5.74, 6) is -0.0835. The van der Waals surface area contributed by atoms with Crippen molar-refractivity contribution in [3.8, 4) is 16.9 Å². The molecule has 1 heterocycles. The third-order valence-corrected chi connectivity index (χ3v) is 3.80. The molecule has 3 aromatic rings. The van der Waals surface area contributed by atoms with Crippen molar-refractivity contribution in [2.75, 3.05) is 5.73 Å². The second-order valence-corrected chi connectivity index (χ2v) is 5.80. The van der Waals surface area contributed by atoms with Crippen LogP contribution in [0.3, 0.4) is 0 Å². The van der Waals surface area contributed by atoms with Gasteiger partial charge in [0, 0.05) is 22.2 Å². The van der Waals surface area contributed by atoms with Crippen LogP contribution in [0.5, 0.6) is 0 Å². The van der Waals surface area contributed by atoms with Crippen LogP contribution in [0.1, 0.15) is 0 Å². The predicted molar refractivity (Wildman–Crippen MR) is 86.1 cm³/mol. The molecule has 0 aliphatic rings. The minimum atomic E-state index is -0.506. The van der Waals surface area contributed by atoms with E-state index in [0.717, 1.165) is 10.0 Å². The molecular formula is C15H10BrClFN3. The van der Waals surface area contributed by atoms with E-state index in [1.807, 2.05) is 24.3 Å². The molecule has 0 spiro atoms. The predicted octanol–water partition coefficient (Wildman–Crippen LogP) is 4.68. The van der Waals surface area contributed by atoms with E-state index in [4.69, 9.17) is 17.3 Å². The lowest BCUT2D eigenvalue weighted by Gasteiger charge is -2.04. The van der Waals surface area contributed by atoms with Gasteiger partial charge in [0.25, 0.3) is 0 Å². The lowest BCUT2D eigenvalue weighted by Crippen LogP contribution is -2.02. The van der Waals surface area contributed by atoms with Gasteiger partial charge < -0.3 is 5.73 Å². The quantitative estimate of drug-likeness (QED) is 0.716. The Morgan fingerprint density at radius 1 is 1.14 bits per heavy atom. The minimum absolute atomic E-state index is 0.0664. The van der Waals surface area contributed by atoms with E-state index in [1.165, 1.54) is 16.8 Å². The molecule has 6 heteroatoms. The lowest BCUT2D eigenvalue weighted by molar-refractivity contribution is 0.626. The molecule has 0 amide bonds. The van der Waals surface area contributed by atoms with Gasteiger partial charge in [-0.15, -0.1) is 0 Å². The molecule has 3 nitrogen and oxygen atoms in total. The molecule has 0 aliphatic carbocycles. The molecule has 106 valence electrons. The lowest BCUT2D eigenvalue weighted by atomic mass is 10.2. The summed E-state index contributed by atoms with van der Waals surface area (Å²) in [5.41, 5.74) is 8.13. The second kappa shape index (κ2) is 5.50. The summed E-state index contributed by atoms with van der Waals surface area (Å²) in [6.07, 6.45) is 0. The van der Waals surface area contributed by atoms with Crippen LogP contribution in [0.15, 0.2) is 53.0 Å². The van der Waals surface area contributed by atoms with Crippen molar-refractivity contribution in [3.05, 3.63) is 63.8 Å². The van der Waals surface area contributed by atoms with Crippen LogP contribution in [-0.4, -0.2) is 9.78 Å². The molecule has 21 heavy (non-hydrogen) atoms. The summed E-state index contributed by atoms with van der Waals surface area (Å²) in [7, 11) is 0. The summed E-state index contributed by atoms with van der Waals surface area (Å²) < 4.78 is 16.0. The highest BCUT2D eigenvalue weighted by atomic mass is 79.9. The van der Waals surface area contributed by atoms with E-state index in [-0.39, 0.29) is 5.02 Å². The first-order chi connectivity index (χ1) is 10.0. The Labute approximate surface area is 134 Å². The second-order valence-electron chi connectivity index (χ2n) is 4.48. The molecule has 0 fully saturated rings. The summed E-state index contributed by atoms with van der Waals surface area (Å²) in [6.45, 7) is 0. The number of halogens is 3. The Morgan fingerprint density at radius 3 is 2.67 bits per heavy atom. The first-order valence-corrected chi connectivity index (χ1v) is 7.28. The molecule has 0 saturated carbocycles. The van der Waals surface area contributed by atoms with Gasteiger partial charge >= 0.3 is 0 Å². The number of nitrogens with two attached hydrogens (primary N) is 1. The molecule has 0 aliphatic heterocycles. The zero-order valence-electron chi connectivity index (χ0n) is 10.7. The van der Waals surface area contributed by atoms with E-state index in [9.17, 15) is 4.39 Å². The van der Waals surface area contributed by atoms with Gasteiger partial charge in [0.1, 0.15) is 11.6 Å². The molecule has 3 rings (SSSR count). The van der Waals surface area contributed by atoms with Gasteiger partial charge in [-0.05, 0) is 24.3 Å². The standard InChI is InChI=1S/C15H10BrClFN3/c16-10-3-1-2-9(6-10)14-8-15(19)21(20-14)11-4-5-12(17)13(18)7-11/h1-8H,19H2. The number of aromatic nitrogens is 2. The van der Waals surface area contributed by atoms with E-state index < -0.39 is 5.82 Å². The normalized spacial score (nSPS) is 10.8. The number of benzene rings is 2. The Morgan fingerprint density at radius 2 is 1.95 bits per heavy atom. The van der Waals surface area contributed by atoms with Gasteiger partial charge in [0.05, 0.1) is 16.4 Å². The highest BCUT2D eigenvalue weighted by Crippen LogP contribution is 2.26. The van der Waals surface area contributed by atoms with E-state index in [2.05, 4.69) is 21.0 Å². The molecule has 0 bridgehead atoms. The number of anilines is 1. The maximum Gasteiger partial charge on any atom is 0.143 e. The van der Waals surface area contributed by atoms with Gasteiger partial charge in [-0.3, -0.25) is 0 Å². The molecule has 0 unspecified atom stereocenters. The largest absolute Gasteiger partial charge is 0.384 e. The Kier molecular flexibility index (Phi) is 3.69. The first-order valence-electron chi connectivity index (χ1n) is 6.11. The number of hydrogen-bond acceptors (Lipinski definition) is 2. The number of nitrogens with zero attached hydrogens (tertiary/aromatic N) is 2. The monoisotopic (exact) mass is 365 g/mol. The third-order valence-electron chi connectivity index (χ3n) is 3.01. The van der Waals surface area contributed by atoms with Gasteiger partial charge in [-0.1, -0.05) is 39.7 Å². The van der Waals surface area contributed by atoms with Gasteiger partial charge in [0.2, 0.25) is 0 Å². The topological polar surface area (TPSA) is 43.8 Å². The van der Waals surface area contributed by atoms with Crippen LogP contribution in [-0.2, 0) is 0 Å². The summed E-state index contributed by atoms with van der Waals surface area (Å²) >= 11 is 9.10. The number of rotatable bonds is 2. The van der Waals surface area contributed by atoms with Crippen molar-refractivity contribution >= 4 is 33.3 Å².